The number of ether oxygens (including phenoxy) is 1. The van der Waals surface area contributed by atoms with Crippen LogP contribution in [0.15, 0.2) is 24.3 Å². The highest BCUT2D eigenvalue weighted by molar-refractivity contribution is 6.02. The number of para-hydroxylation sites is 1. The number of nitrogens with zero attached hydrogens (tertiary/aromatic N) is 1. The Balaban J connectivity index is 1.82. The van der Waals surface area contributed by atoms with E-state index in [-0.39, 0.29) is 31.0 Å². The molecule has 146 valence electrons. The van der Waals surface area contributed by atoms with Crippen LogP contribution in [0.3, 0.4) is 0 Å². The average Bonchev–Trinajstić information content (AvgIpc) is 2.93. The van der Waals surface area contributed by atoms with Crippen molar-refractivity contribution in [1.82, 2.24) is 10.6 Å². The quantitative estimate of drug-likeness (QED) is 0.756. The van der Waals surface area contributed by atoms with Crippen LogP contribution in [0, 0.1) is 0 Å². The predicted octanol–water partition coefficient (Wildman–Crippen LogP) is 1.16. The highest BCUT2D eigenvalue weighted by Gasteiger charge is 2.34. The Morgan fingerprint density at radius 3 is 2.85 bits per heavy atom. The Morgan fingerprint density at radius 1 is 1.22 bits per heavy atom. The molecule has 1 saturated heterocycles. The lowest BCUT2D eigenvalue weighted by Crippen LogP contribution is -2.54. The van der Waals surface area contributed by atoms with Gasteiger partial charge in [0.05, 0.1) is 18.7 Å². The molecule has 0 aromatic heterocycles. The summed E-state index contributed by atoms with van der Waals surface area (Å²) in [5.74, 6) is -0.683. The maximum Gasteiger partial charge on any atom is 0.326 e. The Kier molecular flexibility index (Phi) is 6.45. The molecule has 2 atom stereocenters. The van der Waals surface area contributed by atoms with Crippen LogP contribution in [0.5, 0.6) is 0 Å². The SMILES string of the molecule is CCOC(=O)CN1C(=O)C(N[C@H]2CCCCNC2=O)CCc2ccccc21. The molecule has 0 aliphatic carbocycles. The molecule has 2 aliphatic rings. The van der Waals surface area contributed by atoms with E-state index in [1.54, 1.807) is 6.92 Å². The molecule has 7 nitrogen and oxygen atoms in total. The topological polar surface area (TPSA) is 87.7 Å². The van der Waals surface area contributed by atoms with E-state index in [4.69, 9.17) is 4.74 Å². The number of aryl methyl sites for hydroxylation is 1. The molecule has 7 heteroatoms. The number of nitrogens with one attached hydrogen (secondary N) is 2. The van der Waals surface area contributed by atoms with Crippen molar-refractivity contribution in [3.63, 3.8) is 0 Å². The van der Waals surface area contributed by atoms with Crippen molar-refractivity contribution in [2.24, 2.45) is 0 Å². The number of hydrogen-bond donors (Lipinski definition) is 2. The summed E-state index contributed by atoms with van der Waals surface area (Å²) in [6.07, 6.45) is 3.87. The molecule has 2 amide bonds. The summed E-state index contributed by atoms with van der Waals surface area (Å²) in [5, 5.41) is 6.14. The van der Waals surface area contributed by atoms with Crippen molar-refractivity contribution in [1.29, 1.82) is 0 Å². The minimum Gasteiger partial charge on any atom is -0.465 e. The Hall–Kier alpha value is -2.41. The fourth-order valence-corrected chi connectivity index (χ4v) is 3.71. The van der Waals surface area contributed by atoms with Gasteiger partial charge >= 0.3 is 5.97 Å². The number of amides is 2. The number of hydrogen-bond acceptors (Lipinski definition) is 5. The number of carbonyl (C=O) groups is 3. The van der Waals surface area contributed by atoms with Crippen molar-refractivity contribution < 1.29 is 19.1 Å². The van der Waals surface area contributed by atoms with Gasteiger partial charge < -0.3 is 10.1 Å². The molecular weight excluding hydrogens is 346 g/mol. The number of benzene rings is 1. The molecule has 2 N–H and O–H groups in total. The largest absolute Gasteiger partial charge is 0.465 e. The third kappa shape index (κ3) is 4.66. The first-order valence-electron chi connectivity index (χ1n) is 9.68. The molecule has 1 unspecified atom stereocenters. The van der Waals surface area contributed by atoms with Crippen LogP contribution in [0.25, 0.3) is 0 Å². The normalized spacial score (nSPS) is 23.1. The number of carbonyl (C=O) groups excluding carboxylic acids is 3. The van der Waals surface area contributed by atoms with Gasteiger partial charge in [-0.1, -0.05) is 18.2 Å². The second-order valence-electron chi connectivity index (χ2n) is 6.96. The van der Waals surface area contributed by atoms with E-state index in [0.29, 0.717) is 25.8 Å². The number of esters is 1. The van der Waals surface area contributed by atoms with Gasteiger partial charge in [-0.15, -0.1) is 0 Å². The minimum absolute atomic E-state index is 0.0565. The van der Waals surface area contributed by atoms with Crippen LogP contribution in [0.1, 0.15) is 38.2 Å². The molecule has 0 bridgehead atoms. The fraction of sp³-hybridized carbons (Fsp3) is 0.550. The lowest BCUT2D eigenvalue weighted by atomic mass is 10.0. The van der Waals surface area contributed by atoms with Crippen LogP contribution in [0.2, 0.25) is 0 Å². The van der Waals surface area contributed by atoms with Gasteiger partial charge in [0.15, 0.2) is 0 Å². The van der Waals surface area contributed by atoms with E-state index in [2.05, 4.69) is 10.6 Å². The van der Waals surface area contributed by atoms with E-state index in [1.165, 1.54) is 4.90 Å². The zero-order chi connectivity index (χ0) is 19.2. The maximum atomic E-state index is 13.2. The number of fused-ring (bicyclic) bond motifs is 1. The summed E-state index contributed by atoms with van der Waals surface area (Å²) < 4.78 is 5.05. The fourth-order valence-electron chi connectivity index (χ4n) is 3.71. The van der Waals surface area contributed by atoms with E-state index < -0.39 is 12.0 Å². The number of anilines is 1. The van der Waals surface area contributed by atoms with Gasteiger partial charge in [0.25, 0.3) is 0 Å². The van der Waals surface area contributed by atoms with Crippen molar-refractivity contribution in [2.75, 3.05) is 24.6 Å². The van der Waals surface area contributed by atoms with E-state index in [1.807, 2.05) is 24.3 Å². The maximum absolute atomic E-state index is 13.2. The molecule has 3 rings (SSSR count). The molecular formula is C20H27N3O4. The van der Waals surface area contributed by atoms with Gasteiger partial charge in [0, 0.05) is 12.2 Å². The summed E-state index contributed by atoms with van der Waals surface area (Å²) in [6, 6.07) is 6.72. The lowest BCUT2D eigenvalue weighted by Gasteiger charge is -2.27. The Morgan fingerprint density at radius 2 is 2.04 bits per heavy atom. The molecule has 0 spiro atoms. The van der Waals surface area contributed by atoms with E-state index >= 15 is 0 Å². The Labute approximate surface area is 159 Å². The second kappa shape index (κ2) is 8.99. The van der Waals surface area contributed by atoms with Crippen molar-refractivity contribution >= 4 is 23.5 Å². The number of rotatable bonds is 5. The third-order valence-corrected chi connectivity index (χ3v) is 5.08. The molecule has 2 heterocycles. The van der Waals surface area contributed by atoms with Gasteiger partial charge in [-0.2, -0.15) is 0 Å². The lowest BCUT2D eigenvalue weighted by molar-refractivity contribution is -0.142. The highest BCUT2D eigenvalue weighted by atomic mass is 16.5. The van der Waals surface area contributed by atoms with Crippen LogP contribution in [-0.2, 0) is 25.5 Å². The molecule has 1 fully saturated rings. The predicted molar refractivity (Wildman–Crippen MR) is 101 cm³/mol. The average molecular weight is 373 g/mol. The first-order valence-corrected chi connectivity index (χ1v) is 9.68. The minimum atomic E-state index is -0.513. The summed E-state index contributed by atoms with van der Waals surface area (Å²) in [5.41, 5.74) is 1.76. The zero-order valence-corrected chi connectivity index (χ0v) is 15.7. The van der Waals surface area contributed by atoms with Crippen molar-refractivity contribution in [3.8, 4) is 0 Å². The molecule has 2 aliphatic heterocycles. The van der Waals surface area contributed by atoms with Gasteiger partial charge in [-0.05, 0) is 50.7 Å². The molecule has 1 aromatic rings. The van der Waals surface area contributed by atoms with Crippen LogP contribution >= 0.6 is 0 Å². The van der Waals surface area contributed by atoms with Crippen molar-refractivity contribution in [2.45, 2.75) is 51.1 Å². The van der Waals surface area contributed by atoms with Gasteiger partial charge in [-0.25, -0.2) is 0 Å². The standard InChI is InChI=1S/C20H27N3O4/c1-2-27-18(24)13-23-17-9-4-3-7-14(17)10-11-16(20(23)26)22-15-8-5-6-12-21-19(15)25/h3-4,7,9,15-16,22H,2,5-6,8,10-13H2,1H3,(H,21,25)/t15-,16?/m0/s1. The summed E-state index contributed by atoms with van der Waals surface area (Å²) in [6.45, 7) is 2.56. The first-order chi connectivity index (χ1) is 13.1. The summed E-state index contributed by atoms with van der Waals surface area (Å²) >= 11 is 0. The summed E-state index contributed by atoms with van der Waals surface area (Å²) in [4.78, 5) is 39.1. The molecule has 0 saturated carbocycles. The Bertz CT molecular complexity index is 706. The van der Waals surface area contributed by atoms with Gasteiger partial charge in [0.1, 0.15) is 6.54 Å². The van der Waals surface area contributed by atoms with Crippen LogP contribution in [-0.4, -0.2) is 49.6 Å². The van der Waals surface area contributed by atoms with Gasteiger partial charge in [-0.3, -0.25) is 24.6 Å². The highest BCUT2D eigenvalue weighted by Crippen LogP contribution is 2.27. The summed E-state index contributed by atoms with van der Waals surface area (Å²) in [7, 11) is 0. The van der Waals surface area contributed by atoms with Crippen LogP contribution < -0.4 is 15.5 Å². The van der Waals surface area contributed by atoms with Crippen LogP contribution in [0.4, 0.5) is 5.69 Å². The zero-order valence-electron chi connectivity index (χ0n) is 15.7. The molecule has 1 aromatic carbocycles. The van der Waals surface area contributed by atoms with E-state index in [0.717, 1.165) is 24.1 Å². The van der Waals surface area contributed by atoms with E-state index in [9.17, 15) is 14.4 Å². The monoisotopic (exact) mass is 373 g/mol. The smallest absolute Gasteiger partial charge is 0.326 e. The van der Waals surface area contributed by atoms with Gasteiger partial charge in [0.2, 0.25) is 11.8 Å². The second-order valence-corrected chi connectivity index (χ2v) is 6.96. The first kappa shape index (κ1) is 19.4. The molecule has 27 heavy (non-hydrogen) atoms. The van der Waals surface area contributed by atoms with Crippen molar-refractivity contribution in [3.05, 3.63) is 29.8 Å². The third-order valence-electron chi connectivity index (χ3n) is 5.08. The molecule has 0 radical (unpaired) electrons.